The molecule has 0 saturated heterocycles. The van der Waals surface area contributed by atoms with Crippen LogP contribution in [0.5, 0.6) is 17.2 Å². The average Bonchev–Trinajstić information content (AvgIpc) is 2.50. The predicted molar refractivity (Wildman–Crippen MR) is 97.1 cm³/mol. The van der Waals surface area contributed by atoms with Crippen LogP contribution in [0.25, 0.3) is 0 Å². The van der Waals surface area contributed by atoms with Gasteiger partial charge in [0, 0.05) is 12.1 Å². The summed E-state index contributed by atoms with van der Waals surface area (Å²) in [6, 6.07) is 2.10. The van der Waals surface area contributed by atoms with Crippen LogP contribution in [0.1, 0.15) is 26.3 Å². The molecule has 0 N–H and O–H groups in total. The number of methoxy groups -OCH3 is 2. The van der Waals surface area contributed by atoms with Crippen molar-refractivity contribution in [3.05, 3.63) is 17.7 Å². The summed E-state index contributed by atoms with van der Waals surface area (Å²) in [4.78, 5) is 0. The molecule has 0 unspecified atom stereocenters. The highest BCUT2D eigenvalue weighted by atomic mass is 32.2. The molecule has 0 aliphatic rings. The van der Waals surface area contributed by atoms with Crippen LogP contribution in [0, 0.1) is 0 Å². The van der Waals surface area contributed by atoms with E-state index in [-0.39, 0.29) is 23.1 Å². The molecule has 1 aromatic rings. The first kappa shape index (κ1) is 23.6. The average molecular weight is 431 g/mol. The van der Waals surface area contributed by atoms with Gasteiger partial charge in [-0.1, -0.05) is 20.8 Å². The summed E-state index contributed by atoms with van der Waals surface area (Å²) in [5.74, 6) is -0.377. The maximum atomic E-state index is 12.5. The topological polar surface area (TPSA) is 71.1 Å². The standard InChI is InChI=1S/C16H25F3O6SSi/c1-15(2,3)27(6,7)24-10-12-13(22-4)8-11(9-14(12)23-5)25-26(20,21)16(17,18)19/h8-9H,10H2,1-7H3. The van der Waals surface area contributed by atoms with Gasteiger partial charge in [0.15, 0.2) is 8.32 Å². The number of hydrogen-bond donors (Lipinski definition) is 0. The van der Waals surface area contributed by atoms with Crippen LogP contribution < -0.4 is 13.7 Å². The van der Waals surface area contributed by atoms with Gasteiger partial charge >= 0.3 is 15.6 Å². The van der Waals surface area contributed by atoms with Crippen LogP contribution in [-0.4, -0.2) is 36.5 Å². The van der Waals surface area contributed by atoms with Gasteiger partial charge < -0.3 is 18.1 Å². The fourth-order valence-corrected chi connectivity index (χ4v) is 3.18. The van der Waals surface area contributed by atoms with E-state index in [9.17, 15) is 21.6 Å². The Bertz CT molecular complexity index is 744. The Morgan fingerprint density at radius 1 is 1.00 bits per heavy atom. The zero-order valence-corrected chi connectivity index (χ0v) is 18.2. The van der Waals surface area contributed by atoms with Gasteiger partial charge in [-0.05, 0) is 18.1 Å². The molecule has 0 radical (unpaired) electrons. The molecular weight excluding hydrogens is 405 g/mol. The molecule has 1 aromatic carbocycles. The first-order chi connectivity index (χ1) is 12.1. The molecule has 6 nitrogen and oxygen atoms in total. The summed E-state index contributed by atoms with van der Waals surface area (Å²) in [6.07, 6.45) is 0. The maximum absolute atomic E-state index is 12.5. The van der Waals surface area contributed by atoms with Crippen molar-refractivity contribution in [3.63, 3.8) is 0 Å². The van der Waals surface area contributed by atoms with Gasteiger partial charge in [0.2, 0.25) is 0 Å². The first-order valence-electron chi connectivity index (χ1n) is 7.95. The van der Waals surface area contributed by atoms with E-state index < -0.39 is 29.7 Å². The van der Waals surface area contributed by atoms with E-state index in [1.165, 1.54) is 14.2 Å². The lowest BCUT2D eigenvalue weighted by atomic mass is 10.2. The number of halogens is 3. The van der Waals surface area contributed by atoms with Crippen LogP contribution in [0.2, 0.25) is 18.1 Å². The Morgan fingerprint density at radius 3 is 1.78 bits per heavy atom. The fourth-order valence-electron chi connectivity index (χ4n) is 1.79. The Hall–Kier alpha value is -1.46. The smallest absolute Gasteiger partial charge is 0.496 e. The van der Waals surface area contributed by atoms with E-state index in [1.807, 2.05) is 13.1 Å². The van der Waals surface area contributed by atoms with Gasteiger partial charge in [-0.2, -0.15) is 21.6 Å². The molecule has 156 valence electrons. The normalized spacial score (nSPS) is 13.4. The summed E-state index contributed by atoms with van der Waals surface area (Å²) in [6.45, 7) is 10.4. The number of rotatable bonds is 7. The van der Waals surface area contributed by atoms with E-state index in [0.717, 1.165) is 12.1 Å². The molecule has 0 bridgehead atoms. The van der Waals surface area contributed by atoms with E-state index in [4.69, 9.17) is 13.9 Å². The van der Waals surface area contributed by atoms with Gasteiger partial charge in [-0.25, -0.2) is 0 Å². The van der Waals surface area contributed by atoms with Crippen molar-refractivity contribution in [1.29, 1.82) is 0 Å². The molecule has 0 atom stereocenters. The van der Waals surface area contributed by atoms with E-state index >= 15 is 0 Å². The summed E-state index contributed by atoms with van der Waals surface area (Å²) in [7, 11) is -5.33. The lowest BCUT2D eigenvalue weighted by Crippen LogP contribution is -2.40. The second-order valence-electron chi connectivity index (χ2n) is 7.34. The highest BCUT2D eigenvalue weighted by Gasteiger charge is 2.48. The lowest BCUT2D eigenvalue weighted by molar-refractivity contribution is -0.0500. The molecule has 0 fully saturated rings. The third kappa shape index (κ3) is 5.52. The van der Waals surface area contributed by atoms with Crippen molar-refractivity contribution in [2.75, 3.05) is 14.2 Å². The molecule has 0 amide bonds. The molecule has 0 saturated carbocycles. The van der Waals surface area contributed by atoms with Crippen molar-refractivity contribution in [1.82, 2.24) is 0 Å². The number of alkyl halides is 3. The molecule has 1 rings (SSSR count). The lowest BCUT2D eigenvalue weighted by Gasteiger charge is -2.36. The monoisotopic (exact) mass is 430 g/mol. The van der Waals surface area contributed by atoms with Crippen LogP contribution >= 0.6 is 0 Å². The Morgan fingerprint density at radius 2 is 1.44 bits per heavy atom. The Kier molecular flexibility index (Phi) is 6.88. The number of benzene rings is 1. The molecule has 11 heteroatoms. The second kappa shape index (κ2) is 7.88. The largest absolute Gasteiger partial charge is 0.534 e. The van der Waals surface area contributed by atoms with E-state index in [2.05, 4.69) is 25.0 Å². The summed E-state index contributed by atoms with van der Waals surface area (Å²) < 4.78 is 80.7. The van der Waals surface area contributed by atoms with Crippen molar-refractivity contribution in [2.45, 2.75) is 51.0 Å². The summed E-state index contributed by atoms with van der Waals surface area (Å²) in [5.41, 5.74) is -5.10. The first-order valence-corrected chi connectivity index (χ1v) is 12.3. The zero-order chi connectivity index (χ0) is 21.3. The minimum absolute atomic E-state index is 0.0582. The number of ether oxygens (including phenoxy) is 2. The van der Waals surface area contributed by atoms with E-state index in [0.29, 0.717) is 5.56 Å². The molecular formula is C16H25F3O6SSi. The maximum Gasteiger partial charge on any atom is 0.534 e. The SMILES string of the molecule is COc1cc(OS(=O)(=O)C(F)(F)F)cc(OC)c1CO[Si](C)(C)C(C)(C)C. The van der Waals surface area contributed by atoms with Gasteiger partial charge in [-0.15, -0.1) is 0 Å². The van der Waals surface area contributed by atoms with Crippen LogP contribution in [0.15, 0.2) is 12.1 Å². The van der Waals surface area contributed by atoms with E-state index in [1.54, 1.807) is 0 Å². The van der Waals surface area contributed by atoms with Gasteiger partial charge in [0.1, 0.15) is 17.2 Å². The minimum atomic E-state index is -5.80. The molecule has 27 heavy (non-hydrogen) atoms. The van der Waals surface area contributed by atoms with Gasteiger partial charge in [0.25, 0.3) is 0 Å². The van der Waals surface area contributed by atoms with Crippen LogP contribution in [0.3, 0.4) is 0 Å². The highest BCUT2D eigenvalue weighted by Crippen LogP contribution is 2.40. The third-order valence-corrected chi connectivity index (χ3v) is 9.91. The van der Waals surface area contributed by atoms with Crippen molar-refractivity contribution < 1.29 is 39.7 Å². The second-order valence-corrected chi connectivity index (χ2v) is 13.7. The number of hydrogen-bond acceptors (Lipinski definition) is 6. The van der Waals surface area contributed by atoms with Crippen LogP contribution in [-0.2, 0) is 21.2 Å². The molecule has 0 spiro atoms. The van der Waals surface area contributed by atoms with Crippen molar-refractivity contribution in [2.24, 2.45) is 0 Å². The predicted octanol–water partition coefficient (Wildman–Crippen LogP) is 4.45. The third-order valence-electron chi connectivity index (χ3n) is 4.45. The van der Waals surface area contributed by atoms with Crippen molar-refractivity contribution >= 4 is 18.4 Å². The Labute approximate surface area is 158 Å². The quantitative estimate of drug-likeness (QED) is 0.361. The molecule has 0 aliphatic carbocycles. The summed E-state index contributed by atoms with van der Waals surface area (Å²) >= 11 is 0. The molecule has 0 aromatic heterocycles. The highest BCUT2D eigenvalue weighted by molar-refractivity contribution is 7.88. The molecule has 0 aliphatic heterocycles. The van der Waals surface area contributed by atoms with Crippen molar-refractivity contribution in [3.8, 4) is 17.2 Å². The summed E-state index contributed by atoms with van der Waals surface area (Å²) in [5, 5.41) is -0.0582. The van der Waals surface area contributed by atoms with Gasteiger partial charge in [0.05, 0.1) is 26.4 Å². The Balaban J connectivity index is 3.26. The minimum Gasteiger partial charge on any atom is -0.496 e. The van der Waals surface area contributed by atoms with Gasteiger partial charge in [-0.3, -0.25) is 0 Å². The molecule has 0 heterocycles. The fraction of sp³-hybridized carbons (Fsp3) is 0.625. The zero-order valence-electron chi connectivity index (χ0n) is 16.4. The van der Waals surface area contributed by atoms with Crippen LogP contribution in [0.4, 0.5) is 13.2 Å².